The number of para-hydroxylation sites is 1. The summed E-state index contributed by atoms with van der Waals surface area (Å²) < 4.78 is 2.07. The van der Waals surface area contributed by atoms with Crippen molar-refractivity contribution in [3.8, 4) is 0 Å². The third kappa shape index (κ3) is 2.25. The van der Waals surface area contributed by atoms with Gasteiger partial charge in [-0.05, 0) is 11.6 Å². The molecular weight excluding hydrogens is 288 g/mol. The van der Waals surface area contributed by atoms with E-state index >= 15 is 0 Å². The standard InChI is InChI=1S/C19H14N2O2/c22-18-10-11-19(23)21(18)17-13-20(12-14-6-2-1-3-7-14)16-9-5-4-8-15(16)17/h1-11,13H,12H2. The number of carbonyl (C=O) groups is 2. The molecule has 2 aromatic carbocycles. The first kappa shape index (κ1) is 13.5. The van der Waals surface area contributed by atoms with Gasteiger partial charge >= 0.3 is 0 Å². The van der Waals surface area contributed by atoms with Crippen molar-refractivity contribution in [2.75, 3.05) is 4.90 Å². The van der Waals surface area contributed by atoms with Crippen molar-refractivity contribution in [3.63, 3.8) is 0 Å². The molecule has 1 aromatic heterocycles. The molecule has 23 heavy (non-hydrogen) atoms. The lowest BCUT2D eigenvalue weighted by Crippen LogP contribution is -2.29. The van der Waals surface area contributed by atoms with Crippen LogP contribution >= 0.6 is 0 Å². The number of nitrogens with zero attached hydrogens (tertiary/aromatic N) is 2. The molecule has 0 aliphatic carbocycles. The predicted octanol–water partition coefficient (Wildman–Crippen LogP) is 3.12. The van der Waals surface area contributed by atoms with Gasteiger partial charge in [-0.15, -0.1) is 0 Å². The second-order valence-corrected chi connectivity index (χ2v) is 5.49. The molecule has 0 N–H and O–H groups in total. The van der Waals surface area contributed by atoms with E-state index in [4.69, 9.17) is 0 Å². The highest BCUT2D eigenvalue weighted by atomic mass is 16.2. The van der Waals surface area contributed by atoms with Crippen molar-refractivity contribution in [2.45, 2.75) is 6.54 Å². The number of benzene rings is 2. The predicted molar refractivity (Wildman–Crippen MR) is 89.1 cm³/mol. The zero-order valence-electron chi connectivity index (χ0n) is 12.3. The molecule has 0 radical (unpaired) electrons. The summed E-state index contributed by atoms with van der Waals surface area (Å²) in [6, 6.07) is 17.9. The molecule has 1 aliphatic heterocycles. The van der Waals surface area contributed by atoms with E-state index in [0.29, 0.717) is 12.2 Å². The van der Waals surface area contributed by atoms with Crippen LogP contribution in [0.15, 0.2) is 72.9 Å². The third-order valence-corrected chi connectivity index (χ3v) is 4.01. The zero-order chi connectivity index (χ0) is 15.8. The minimum atomic E-state index is -0.294. The molecule has 4 heteroatoms. The average Bonchev–Trinajstić information content (AvgIpc) is 3.09. The molecule has 0 atom stereocenters. The minimum absolute atomic E-state index is 0.294. The van der Waals surface area contributed by atoms with Crippen LogP contribution in [0, 0.1) is 0 Å². The van der Waals surface area contributed by atoms with E-state index in [0.717, 1.165) is 16.5 Å². The maximum atomic E-state index is 12.0. The van der Waals surface area contributed by atoms with E-state index in [1.807, 2.05) is 48.7 Å². The number of fused-ring (bicyclic) bond motifs is 1. The van der Waals surface area contributed by atoms with Gasteiger partial charge in [0.25, 0.3) is 11.8 Å². The summed E-state index contributed by atoms with van der Waals surface area (Å²) in [5, 5.41) is 0.897. The lowest BCUT2D eigenvalue weighted by molar-refractivity contribution is -0.119. The van der Waals surface area contributed by atoms with Crippen molar-refractivity contribution in [3.05, 3.63) is 78.5 Å². The Morgan fingerprint density at radius 1 is 0.783 bits per heavy atom. The molecule has 4 rings (SSSR count). The van der Waals surface area contributed by atoms with Crippen LogP contribution in [0.1, 0.15) is 5.56 Å². The molecule has 2 amide bonds. The number of rotatable bonds is 3. The van der Waals surface area contributed by atoms with Crippen LogP contribution < -0.4 is 4.90 Å². The topological polar surface area (TPSA) is 42.3 Å². The zero-order valence-corrected chi connectivity index (χ0v) is 12.3. The molecule has 0 fully saturated rings. The Labute approximate surface area is 133 Å². The van der Waals surface area contributed by atoms with E-state index in [-0.39, 0.29) is 11.8 Å². The van der Waals surface area contributed by atoms with Gasteiger partial charge in [-0.1, -0.05) is 48.5 Å². The van der Waals surface area contributed by atoms with Crippen LogP contribution in [0.5, 0.6) is 0 Å². The summed E-state index contributed by atoms with van der Waals surface area (Å²) in [5.41, 5.74) is 2.80. The lowest BCUT2D eigenvalue weighted by Gasteiger charge is -2.12. The number of anilines is 1. The fourth-order valence-electron chi connectivity index (χ4n) is 2.95. The van der Waals surface area contributed by atoms with Gasteiger partial charge in [-0.2, -0.15) is 0 Å². The Morgan fingerprint density at radius 3 is 2.17 bits per heavy atom. The number of hydrogen-bond acceptors (Lipinski definition) is 2. The maximum absolute atomic E-state index is 12.0. The van der Waals surface area contributed by atoms with Crippen molar-refractivity contribution >= 4 is 28.4 Å². The fraction of sp³-hybridized carbons (Fsp3) is 0.0526. The summed E-state index contributed by atoms with van der Waals surface area (Å²) in [6.07, 6.45) is 4.50. The van der Waals surface area contributed by atoms with Crippen molar-refractivity contribution in [1.29, 1.82) is 0 Å². The maximum Gasteiger partial charge on any atom is 0.258 e. The largest absolute Gasteiger partial charge is 0.341 e. The first-order valence-electron chi connectivity index (χ1n) is 7.42. The van der Waals surface area contributed by atoms with Crippen LogP contribution in [-0.4, -0.2) is 16.4 Å². The molecule has 4 nitrogen and oxygen atoms in total. The Balaban J connectivity index is 1.84. The number of hydrogen-bond donors (Lipinski definition) is 0. The quantitative estimate of drug-likeness (QED) is 0.698. The normalized spacial score (nSPS) is 14.2. The highest BCUT2D eigenvalue weighted by Crippen LogP contribution is 2.31. The highest BCUT2D eigenvalue weighted by molar-refractivity contribution is 6.30. The Kier molecular flexibility index (Phi) is 3.08. The van der Waals surface area contributed by atoms with Crippen LogP contribution in [0.4, 0.5) is 5.69 Å². The van der Waals surface area contributed by atoms with Gasteiger partial charge in [0, 0.05) is 30.3 Å². The molecule has 1 aliphatic rings. The van der Waals surface area contributed by atoms with Crippen molar-refractivity contribution < 1.29 is 9.59 Å². The van der Waals surface area contributed by atoms with Crippen LogP contribution in [0.3, 0.4) is 0 Å². The van der Waals surface area contributed by atoms with Gasteiger partial charge in [0.2, 0.25) is 0 Å². The number of aromatic nitrogens is 1. The molecular formula is C19H14N2O2. The van der Waals surface area contributed by atoms with Gasteiger partial charge in [0.1, 0.15) is 0 Å². The van der Waals surface area contributed by atoms with Gasteiger partial charge < -0.3 is 4.57 Å². The first-order valence-corrected chi connectivity index (χ1v) is 7.42. The van der Waals surface area contributed by atoms with E-state index in [1.54, 1.807) is 0 Å². The van der Waals surface area contributed by atoms with Crippen LogP contribution in [0.25, 0.3) is 10.9 Å². The average molecular weight is 302 g/mol. The minimum Gasteiger partial charge on any atom is -0.341 e. The van der Waals surface area contributed by atoms with Gasteiger partial charge in [0.05, 0.1) is 11.2 Å². The summed E-state index contributed by atoms with van der Waals surface area (Å²) in [6.45, 7) is 0.686. The van der Waals surface area contributed by atoms with E-state index in [2.05, 4.69) is 16.7 Å². The van der Waals surface area contributed by atoms with Crippen LogP contribution in [0.2, 0.25) is 0 Å². The van der Waals surface area contributed by atoms with E-state index < -0.39 is 0 Å². The SMILES string of the molecule is O=C1C=CC(=O)N1c1cn(Cc2ccccc2)c2ccccc12. The number of amides is 2. The molecule has 0 bridgehead atoms. The molecule has 2 heterocycles. The second-order valence-electron chi connectivity index (χ2n) is 5.49. The highest BCUT2D eigenvalue weighted by Gasteiger charge is 2.28. The second kappa shape index (κ2) is 5.25. The van der Waals surface area contributed by atoms with Gasteiger partial charge in [0.15, 0.2) is 0 Å². The third-order valence-electron chi connectivity index (χ3n) is 4.01. The summed E-state index contributed by atoms with van der Waals surface area (Å²) in [4.78, 5) is 25.2. The lowest BCUT2D eigenvalue weighted by atomic mass is 10.2. The van der Waals surface area contributed by atoms with Crippen molar-refractivity contribution in [2.24, 2.45) is 0 Å². The molecule has 0 saturated carbocycles. The summed E-state index contributed by atoms with van der Waals surface area (Å²) in [7, 11) is 0. The summed E-state index contributed by atoms with van der Waals surface area (Å²) >= 11 is 0. The molecule has 0 spiro atoms. The van der Waals surface area contributed by atoms with E-state index in [1.165, 1.54) is 17.1 Å². The molecule has 0 saturated heterocycles. The van der Waals surface area contributed by atoms with E-state index in [9.17, 15) is 9.59 Å². The van der Waals surface area contributed by atoms with Gasteiger partial charge in [-0.25, -0.2) is 4.90 Å². The monoisotopic (exact) mass is 302 g/mol. The summed E-state index contributed by atoms with van der Waals surface area (Å²) in [5.74, 6) is -0.588. The molecule has 112 valence electrons. The smallest absolute Gasteiger partial charge is 0.258 e. The number of imide groups is 1. The van der Waals surface area contributed by atoms with Crippen molar-refractivity contribution in [1.82, 2.24) is 4.57 Å². The fourth-order valence-corrected chi connectivity index (χ4v) is 2.95. The first-order chi connectivity index (χ1) is 11.2. The Bertz CT molecular complexity index is 920. The Hall–Kier alpha value is -3.14. The molecule has 0 unspecified atom stereocenters. The number of carbonyl (C=O) groups excluding carboxylic acids is 2. The molecule has 3 aromatic rings. The Morgan fingerprint density at radius 2 is 1.43 bits per heavy atom. The van der Waals surface area contributed by atoms with Crippen LogP contribution in [-0.2, 0) is 16.1 Å². The van der Waals surface area contributed by atoms with Gasteiger partial charge in [-0.3, -0.25) is 9.59 Å².